The lowest BCUT2D eigenvalue weighted by Crippen LogP contribution is -2.30. The van der Waals surface area contributed by atoms with Crippen LogP contribution >= 0.6 is 0 Å². The van der Waals surface area contributed by atoms with E-state index < -0.39 is 21.7 Å². The summed E-state index contributed by atoms with van der Waals surface area (Å²) < 4.78 is 54.0. The van der Waals surface area contributed by atoms with Crippen molar-refractivity contribution in [1.29, 1.82) is 0 Å². The van der Waals surface area contributed by atoms with E-state index in [0.717, 1.165) is 10.4 Å². The lowest BCUT2D eigenvalue weighted by atomic mass is 10.2. The summed E-state index contributed by atoms with van der Waals surface area (Å²) in [4.78, 5) is 0.0985. The molecule has 3 rings (SSSR count). The van der Waals surface area contributed by atoms with E-state index in [2.05, 4.69) is 0 Å². The molecule has 0 aliphatic carbocycles. The Balaban J connectivity index is 2.07. The molecule has 0 spiro atoms. The van der Waals surface area contributed by atoms with Crippen molar-refractivity contribution in [2.24, 2.45) is 0 Å². The second-order valence-corrected chi connectivity index (χ2v) is 7.29. The molecular formula is C19H15F2NO2S. The van der Waals surface area contributed by atoms with E-state index in [-0.39, 0.29) is 17.1 Å². The first kappa shape index (κ1) is 17.1. The molecule has 0 aliphatic heterocycles. The summed E-state index contributed by atoms with van der Waals surface area (Å²) in [5, 5.41) is 0. The molecule has 0 radical (unpaired) electrons. The van der Waals surface area contributed by atoms with Crippen LogP contribution in [0.1, 0.15) is 5.56 Å². The fraction of sp³-hybridized carbons (Fsp3) is 0.0526. The predicted octanol–water partition coefficient (Wildman–Crippen LogP) is 4.36. The first-order valence-corrected chi connectivity index (χ1v) is 8.98. The minimum Gasteiger partial charge on any atom is -0.262 e. The second kappa shape index (κ2) is 7.03. The lowest BCUT2D eigenvalue weighted by Gasteiger charge is -2.24. The average molecular weight is 359 g/mol. The summed E-state index contributed by atoms with van der Waals surface area (Å²) in [5.74, 6) is -0.947. The average Bonchev–Trinajstić information content (AvgIpc) is 2.62. The molecule has 0 N–H and O–H groups in total. The molecule has 0 saturated carbocycles. The third-order valence-corrected chi connectivity index (χ3v) is 5.45. The van der Waals surface area contributed by atoms with Gasteiger partial charge in [-0.15, -0.1) is 0 Å². The van der Waals surface area contributed by atoms with E-state index in [0.29, 0.717) is 5.56 Å². The molecule has 0 aliphatic rings. The van der Waals surface area contributed by atoms with Crippen molar-refractivity contribution < 1.29 is 17.2 Å². The van der Waals surface area contributed by atoms with E-state index in [4.69, 9.17) is 0 Å². The molecule has 0 atom stereocenters. The Morgan fingerprint density at radius 1 is 0.760 bits per heavy atom. The normalized spacial score (nSPS) is 11.3. The number of sulfonamides is 1. The van der Waals surface area contributed by atoms with Gasteiger partial charge in [-0.1, -0.05) is 36.4 Å². The number of halogens is 2. The molecular weight excluding hydrogens is 344 g/mol. The number of nitrogens with zero attached hydrogens (tertiary/aromatic N) is 1. The van der Waals surface area contributed by atoms with Crippen LogP contribution in [0.5, 0.6) is 0 Å². The number of rotatable bonds is 5. The Bertz CT molecular complexity index is 958. The zero-order valence-corrected chi connectivity index (χ0v) is 14.0. The Morgan fingerprint density at radius 3 is 2.08 bits per heavy atom. The van der Waals surface area contributed by atoms with Crippen molar-refractivity contribution in [2.45, 2.75) is 11.4 Å². The van der Waals surface area contributed by atoms with Crippen molar-refractivity contribution in [3.05, 3.63) is 96.1 Å². The van der Waals surface area contributed by atoms with Crippen molar-refractivity contribution in [1.82, 2.24) is 0 Å². The topological polar surface area (TPSA) is 37.4 Å². The van der Waals surface area contributed by atoms with Crippen LogP contribution in [-0.2, 0) is 16.6 Å². The van der Waals surface area contributed by atoms with Crippen LogP contribution in [0.3, 0.4) is 0 Å². The Labute approximate surface area is 145 Å². The van der Waals surface area contributed by atoms with Crippen molar-refractivity contribution >= 4 is 15.7 Å². The minimum atomic E-state index is -3.91. The van der Waals surface area contributed by atoms with Gasteiger partial charge in [-0.05, 0) is 48.0 Å². The van der Waals surface area contributed by atoms with Gasteiger partial charge in [0.1, 0.15) is 11.6 Å². The fourth-order valence-electron chi connectivity index (χ4n) is 2.42. The maximum atomic E-state index is 13.6. The molecule has 0 amide bonds. The van der Waals surface area contributed by atoms with Gasteiger partial charge in [0.25, 0.3) is 10.0 Å². The maximum absolute atomic E-state index is 13.6. The molecule has 0 aromatic heterocycles. The largest absolute Gasteiger partial charge is 0.264 e. The zero-order chi connectivity index (χ0) is 17.9. The SMILES string of the molecule is O=S(=O)(c1ccccc1)N(Cc1ccc(F)cc1)c1cccc(F)c1. The Morgan fingerprint density at radius 2 is 1.44 bits per heavy atom. The zero-order valence-electron chi connectivity index (χ0n) is 13.1. The fourth-order valence-corrected chi connectivity index (χ4v) is 3.89. The Kier molecular flexibility index (Phi) is 4.81. The molecule has 0 unspecified atom stereocenters. The summed E-state index contributed by atoms with van der Waals surface area (Å²) in [6.07, 6.45) is 0. The van der Waals surface area contributed by atoms with Gasteiger partial charge in [-0.3, -0.25) is 4.31 Å². The molecule has 0 fully saturated rings. The number of anilines is 1. The van der Waals surface area contributed by atoms with E-state index in [9.17, 15) is 17.2 Å². The highest BCUT2D eigenvalue weighted by atomic mass is 32.2. The van der Waals surface area contributed by atoms with Crippen LogP contribution in [0.25, 0.3) is 0 Å². The molecule has 25 heavy (non-hydrogen) atoms. The van der Waals surface area contributed by atoms with Crippen LogP contribution in [0.15, 0.2) is 83.8 Å². The van der Waals surface area contributed by atoms with Gasteiger partial charge < -0.3 is 0 Å². The van der Waals surface area contributed by atoms with Gasteiger partial charge in [0, 0.05) is 0 Å². The summed E-state index contributed by atoms with van der Waals surface area (Å²) in [5.41, 5.74) is 0.790. The minimum absolute atomic E-state index is 0.0407. The predicted molar refractivity (Wildman–Crippen MR) is 92.6 cm³/mol. The quantitative estimate of drug-likeness (QED) is 0.679. The van der Waals surface area contributed by atoms with Crippen molar-refractivity contribution in [3.8, 4) is 0 Å². The molecule has 3 nitrogen and oxygen atoms in total. The number of hydrogen-bond donors (Lipinski definition) is 0. The molecule has 3 aromatic rings. The highest BCUT2D eigenvalue weighted by Gasteiger charge is 2.25. The summed E-state index contributed by atoms with van der Waals surface area (Å²) in [7, 11) is -3.91. The standard InChI is InChI=1S/C19H15F2NO2S/c20-16-11-9-15(10-12-16)14-22(18-6-4-5-17(21)13-18)25(23,24)19-7-2-1-3-8-19/h1-13H,14H2. The smallest absolute Gasteiger partial charge is 0.262 e. The van der Waals surface area contributed by atoms with Gasteiger partial charge in [-0.25, -0.2) is 17.2 Å². The van der Waals surface area contributed by atoms with Crippen LogP contribution in [0, 0.1) is 11.6 Å². The van der Waals surface area contributed by atoms with Gasteiger partial charge >= 0.3 is 0 Å². The molecule has 0 heterocycles. The number of benzene rings is 3. The van der Waals surface area contributed by atoms with Crippen LogP contribution in [-0.4, -0.2) is 8.42 Å². The summed E-state index contributed by atoms with van der Waals surface area (Å²) >= 11 is 0. The molecule has 128 valence electrons. The van der Waals surface area contributed by atoms with Gasteiger partial charge in [-0.2, -0.15) is 0 Å². The monoisotopic (exact) mass is 359 g/mol. The third-order valence-electron chi connectivity index (χ3n) is 3.67. The third kappa shape index (κ3) is 3.85. The second-order valence-electron chi connectivity index (χ2n) is 5.43. The molecule has 0 bridgehead atoms. The first-order chi connectivity index (χ1) is 12.0. The molecule has 3 aromatic carbocycles. The van der Waals surface area contributed by atoms with Gasteiger partial charge in [0.15, 0.2) is 0 Å². The highest BCUT2D eigenvalue weighted by Crippen LogP contribution is 2.26. The first-order valence-electron chi connectivity index (χ1n) is 7.54. The Hall–Kier alpha value is -2.73. The van der Waals surface area contributed by atoms with E-state index in [1.165, 1.54) is 54.6 Å². The van der Waals surface area contributed by atoms with Crippen molar-refractivity contribution in [2.75, 3.05) is 4.31 Å². The summed E-state index contributed by atoms with van der Waals surface area (Å²) in [6, 6.07) is 18.8. The van der Waals surface area contributed by atoms with Gasteiger partial charge in [0.2, 0.25) is 0 Å². The highest BCUT2D eigenvalue weighted by molar-refractivity contribution is 7.92. The molecule has 6 heteroatoms. The number of hydrogen-bond acceptors (Lipinski definition) is 2. The van der Waals surface area contributed by atoms with Gasteiger partial charge in [0.05, 0.1) is 17.1 Å². The van der Waals surface area contributed by atoms with E-state index in [1.807, 2.05) is 0 Å². The lowest BCUT2D eigenvalue weighted by molar-refractivity contribution is 0.589. The van der Waals surface area contributed by atoms with Crippen LogP contribution in [0.4, 0.5) is 14.5 Å². The van der Waals surface area contributed by atoms with Crippen LogP contribution < -0.4 is 4.31 Å². The van der Waals surface area contributed by atoms with Crippen LogP contribution in [0.2, 0.25) is 0 Å². The van der Waals surface area contributed by atoms with E-state index in [1.54, 1.807) is 18.2 Å². The summed E-state index contributed by atoms with van der Waals surface area (Å²) in [6.45, 7) is -0.0407. The van der Waals surface area contributed by atoms with Crippen molar-refractivity contribution in [3.63, 3.8) is 0 Å². The van der Waals surface area contributed by atoms with E-state index >= 15 is 0 Å². The maximum Gasteiger partial charge on any atom is 0.264 e. The molecule has 0 saturated heterocycles.